The lowest BCUT2D eigenvalue weighted by Crippen LogP contribution is -2.29. The Bertz CT molecular complexity index is 494. The molecular formula is C12H16N4O2. The molecule has 1 aliphatic rings. The average Bonchev–Trinajstić information content (AvgIpc) is 3.10. The van der Waals surface area contributed by atoms with Crippen molar-refractivity contribution in [2.45, 2.75) is 19.0 Å². The van der Waals surface area contributed by atoms with Crippen LogP contribution >= 0.6 is 0 Å². The second kappa shape index (κ2) is 4.91. The van der Waals surface area contributed by atoms with Gasteiger partial charge in [-0.2, -0.15) is 4.98 Å². The van der Waals surface area contributed by atoms with E-state index in [-0.39, 0.29) is 0 Å². The highest BCUT2D eigenvalue weighted by atomic mass is 16.5. The molecule has 6 heteroatoms. The molecule has 0 aliphatic carbocycles. The van der Waals surface area contributed by atoms with E-state index >= 15 is 0 Å². The van der Waals surface area contributed by atoms with Gasteiger partial charge < -0.3 is 14.3 Å². The Morgan fingerprint density at radius 3 is 3.22 bits per heavy atom. The summed E-state index contributed by atoms with van der Waals surface area (Å²) in [4.78, 5) is 6.65. The summed E-state index contributed by atoms with van der Waals surface area (Å²) in [5.74, 6) is 1.76. The molecule has 0 spiro atoms. The van der Waals surface area contributed by atoms with Gasteiger partial charge >= 0.3 is 0 Å². The molecular weight excluding hydrogens is 232 g/mol. The van der Waals surface area contributed by atoms with Gasteiger partial charge in [0, 0.05) is 19.1 Å². The van der Waals surface area contributed by atoms with E-state index in [9.17, 15) is 0 Å². The van der Waals surface area contributed by atoms with Crippen molar-refractivity contribution < 1.29 is 8.94 Å². The number of aromatic nitrogens is 2. The number of furan rings is 1. The van der Waals surface area contributed by atoms with Crippen LogP contribution < -0.4 is 5.32 Å². The van der Waals surface area contributed by atoms with Gasteiger partial charge in [-0.3, -0.25) is 4.90 Å². The summed E-state index contributed by atoms with van der Waals surface area (Å²) in [7, 11) is 2.00. The van der Waals surface area contributed by atoms with E-state index in [2.05, 4.69) is 20.4 Å². The first kappa shape index (κ1) is 11.4. The number of hydrogen-bond acceptors (Lipinski definition) is 6. The number of likely N-dealkylation sites (tertiary alicyclic amines) is 1. The van der Waals surface area contributed by atoms with Gasteiger partial charge in [-0.25, -0.2) is 0 Å². The van der Waals surface area contributed by atoms with Crippen LogP contribution in [0.15, 0.2) is 27.3 Å². The first-order valence-electron chi connectivity index (χ1n) is 6.11. The molecule has 1 fully saturated rings. The van der Waals surface area contributed by atoms with Crippen LogP contribution in [-0.2, 0) is 6.54 Å². The zero-order valence-electron chi connectivity index (χ0n) is 10.3. The third kappa shape index (κ3) is 2.30. The Kier molecular flexibility index (Phi) is 3.12. The fourth-order valence-electron chi connectivity index (χ4n) is 2.23. The second-order valence-electron chi connectivity index (χ2n) is 4.50. The van der Waals surface area contributed by atoms with E-state index < -0.39 is 0 Å². The highest BCUT2D eigenvalue weighted by Crippen LogP contribution is 2.18. The van der Waals surface area contributed by atoms with Crippen molar-refractivity contribution in [3.8, 4) is 11.7 Å². The minimum atomic E-state index is 0.444. The number of nitrogens with zero attached hydrogens (tertiary/aromatic N) is 3. The van der Waals surface area contributed by atoms with Crippen molar-refractivity contribution in [3.05, 3.63) is 24.2 Å². The van der Waals surface area contributed by atoms with E-state index in [1.54, 1.807) is 12.3 Å². The minimum absolute atomic E-state index is 0.444. The predicted octanol–water partition coefficient (Wildman–Crippen LogP) is 1.12. The van der Waals surface area contributed by atoms with E-state index in [0.29, 0.717) is 23.5 Å². The van der Waals surface area contributed by atoms with Gasteiger partial charge in [0.15, 0.2) is 11.6 Å². The minimum Gasteiger partial charge on any atom is -0.459 e. The fourth-order valence-corrected chi connectivity index (χ4v) is 2.23. The topological polar surface area (TPSA) is 67.3 Å². The van der Waals surface area contributed by atoms with Gasteiger partial charge in [0.05, 0.1) is 12.8 Å². The van der Waals surface area contributed by atoms with Crippen LogP contribution in [-0.4, -0.2) is 41.2 Å². The maximum atomic E-state index is 5.22. The van der Waals surface area contributed by atoms with Crippen LogP contribution in [0.4, 0.5) is 0 Å². The van der Waals surface area contributed by atoms with Gasteiger partial charge in [0.25, 0.3) is 5.89 Å². The van der Waals surface area contributed by atoms with Crippen LogP contribution in [0.5, 0.6) is 0 Å². The zero-order valence-corrected chi connectivity index (χ0v) is 10.3. The SMILES string of the molecule is CNC1CCN(Cc2noc(-c3ccco3)n2)C1. The van der Waals surface area contributed by atoms with Crippen LogP contribution in [0, 0.1) is 0 Å². The van der Waals surface area contributed by atoms with Gasteiger partial charge in [0.1, 0.15) is 0 Å². The van der Waals surface area contributed by atoms with Crippen LogP contribution in [0.3, 0.4) is 0 Å². The lowest BCUT2D eigenvalue weighted by Gasteiger charge is -2.12. The maximum Gasteiger partial charge on any atom is 0.293 e. The van der Waals surface area contributed by atoms with Crippen LogP contribution in [0.25, 0.3) is 11.7 Å². The van der Waals surface area contributed by atoms with E-state index in [1.165, 1.54) is 6.42 Å². The molecule has 3 heterocycles. The summed E-state index contributed by atoms with van der Waals surface area (Å²) >= 11 is 0. The Balaban J connectivity index is 1.64. The zero-order chi connectivity index (χ0) is 12.4. The first-order chi connectivity index (χ1) is 8.85. The molecule has 1 aliphatic heterocycles. The molecule has 2 aromatic rings. The van der Waals surface area contributed by atoms with Gasteiger partial charge in [-0.05, 0) is 25.6 Å². The normalized spacial score (nSPS) is 20.6. The summed E-state index contributed by atoms with van der Waals surface area (Å²) < 4.78 is 10.4. The number of likely N-dealkylation sites (N-methyl/N-ethyl adjacent to an activating group) is 1. The molecule has 18 heavy (non-hydrogen) atoms. The molecule has 0 amide bonds. The fraction of sp³-hybridized carbons (Fsp3) is 0.500. The largest absolute Gasteiger partial charge is 0.459 e. The van der Waals surface area contributed by atoms with E-state index in [1.807, 2.05) is 13.1 Å². The summed E-state index contributed by atoms with van der Waals surface area (Å²) in [6.07, 6.45) is 2.76. The molecule has 1 unspecified atom stereocenters. The lowest BCUT2D eigenvalue weighted by molar-refractivity contribution is 0.305. The summed E-state index contributed by atoms with van der Waals surface area (Å²) in [5.41, 5.74) is 0. The van der Waals surface area contributed by atoms with Crippen molar-refractivity contribution in [1.29, 1.82) is 0 Å². The van der Waals surface area contributed by atoms with Gasteiger partial charge in [-0.1, -0.05) is 5.16 Å². The Morgan fingerprint density at radius 2 is 2.50 bits per heavy atom. The number of hydrogen-bond donors (Lipinski definition) is 1. The molecule has 0 aromatic carbocycles. The molecule has 3 rings (SSSR count). The summed E-state index contributed by atoms with van der Waals surface area (Å²) in [6.45, 7) is 2.82. The van der Waals surface area contributed by atoms with Crippen molar-refractivity contribution in [1.82, 2.24) is 20.4 Å². The molecule has 0 bridgehead atoms. The van der Waals surface area contributed by atoms with E-state index in [4.69, 9.17) is 8.94 Å². The summed E-state index contributed by atoms with van der Waals surface area (Å²) in [6, 6.07) is 4.18. The van der Waals surface area contributed by atoms with Gasteiger partial charge in [-0.15, -0.1) is 0 Å². The van der Waals surface area contributed by atoms with Gasteiger partial charge in [0.2, 0.25) is 0 Å². The van der Waals surface area contributed by atoms with Crippen molar-refractivity contribution in [2.75, 3.05) is 20.1 Å². The Labute approximate surface area is 105 Å². The third-order valence-corrected chi connectivity index (χ3v) is 3.25. The average molecular weight is 248 g/mol. The van der Waals surface area contributed by atoms with Crippen molar-refractivity contribution >= 4 is 0 Å². The number of rotatable bonds is 4. The monoisotopic (exact) mass is 248 g/mol. The molecule has 96 valence electrons. The highest BCUT2D eigenvalue weighted by Gasteiger charge is 2.22. The molecule has 1 atom stereocenters. The predicted molar refractivity (Wildman–Crippen MR) is 64.7 cm³/mol. The molecule has 0 radical (unpaired) electrons. The Hall–Kier alpha value is -1.66. The van der Waals surface area contributed by atoms with E-state index in [0.717, 1.165) is 19.6 Å². The standard InChI is InChI=1S/C12H16N4O2/c1-13-9-4-5-16(7-9)8-11-14-12(18-15-11)10-3-2-6-17-10/h2-3,6,9,13H,4-5,7-8H2,1H3. The highest BCUT2D eigenvalue weighted by molar-refractivity contribution is 5.42. The first-order valence-corrected chi connectivity index (χ1v) is 6.11. The lowest BCUT2D eigenvalue weighted by atomic mass is 10.3. The smallest absolute Gasteiger partial charge is 0.293 e. The molecule has 2 aromatic heterocycles. The molecule has 1 saturated heterocycles. The molecule has 6 nitrogen and oxygen atoms in total. The van der Waals surface area contributed by atoms with Crippen molar-refractivity contribution in [2.24, 2.45) is 0 Å². The van der Waals surface area contributed by atoms with Crippen LogP contribution in [0.1, 0.15) is 12.2 Å². The Morgan fingerprint density at radius 1 is 1.56 bits per heavy atom. The molecule has 1 N–H and O–H groups in total. The van der Waals surface area contributed by atoms with Crippen LogP contribution in [0.2, 0.25) is 0 Å². The molecule has 0 saturated carbocycles. The quantitative estimate of drug-likeness (QED) is 0.874. The van der Waals surface area contributed by atoms with Crippen molar-refractivity contribution in [3.63, 3.8) is 0 Å². The second-order valence-corrected chi connectivity index (χ2v) is 4.50. The summed E-state index contributed by atoms with van der Waals surface area (Å²) in [5, 5.41) is 7.26. The maximum absolute atomic E-state index is 5.22. The number of nitrogens with one attached hydrogen (secondary N) is 1. The third-order valence-electron chi connectivity index (χ3n) is 3.25.